The lowest BCUT2D eigenvalue weighted by molar-refractivity contribution is -0.124. The fourth-order valence-electron chi connectivity index (χ4n) is 2.40. The third-order valence-electron chi connectivity index (χ3n) is 3.82. The lowest BCUT2D eigenvalue weighted by Crippen LogP contribution is -2.28. The highest BCUT2D eigenvalue weighted by molar-refractivity contribution is 7.13. The third-order valence-corrected chi connectivity index (χ3v) is 4.96. The molecule has 0 bridgehead atoms. The van der Waals surface area contributed by atoms with Crippen LogP contribution in [0.5, 0.6) is 0 Å². The van der Waals surface area contributed by atoms with E-state index in [1.165, 1.54) is 0 Å². The normalized spacial score (nSPS) is 10.4. The number of hydrogen-bond donors (Lipinski definition) is 1. The summed E-state index contributed by atoms with van der Waals surface area (Å²) in [6.45, 7) is 1.73. The summed E-state index contributed by atoms with van der Waals surface area (Å²) in [5.41, 5.74) is 2.62. The average molecular weight is 401 g/mol. The number of benzene rings is 1. The first kappa shape index (κ1) is 19.1. The molecule has 1 amide bonds. The van der Waals surface area contributed by atoms with E-state index in [2.05, 4.69) is 10.3 Å². The van der Waals surface area contributed by atoms with Crippen LogP contribution in [0.2, 0.25) is 5.02 Å². The molecule has 2 heterocycles. The van der Waals surface area contributed by atoms with Gasteiger partial charge in [-0.05, 0) is 48.2 Å². The predicted octanol–water partition coefficient (Wildman–Crippen LogP) is 4.25. The van der Waals surface area contributed by atoms with Gasteiger partial charge in [0.15, 0.2) is 6.61 Å². The maximum absolute atomic E-state index is 12.2. The van der Waals surface area contributed by atoms with Gasteiger partial charge in [-0.2, -0.15) is 0 Å². The molecule has 0 unspecified atom stereocenters. The molecule has 0 spiro atoms. The monoisotopic (exact) mass is 400 g/mol. The number of aromatic nitrogens is 1. The summed E-state index contributed by atoms with van der Waals surface area (Å²) in [6, 6.07) is 14.5. The highest BCUT2D eigenvalue weighted by atomic mass is 35.5. The molecular weight excluding hydrogens is 384 g/mol. The molecule has 0 aliphatic carbocycles. The Balaban J connectivity index is 1.52. The van der Waals surface area contributed by atoms with Crippen molar-refractivity contribution < 1.29 is 14.3 Å². The van der Waals surface area contributed by atoms with Crippen LogP contribution in [0.1, 0.15) is 21.6 Å². The van der Waals surface area contributed by atoms with Crippen molar-refractivity contribution in [2.45, 2.75) is 13.5 Å². The Bertz CT molecular complexity index is 940. The van der Waals surface area contributed by atoms with Crippen molar-refractivity contribution in [3.8, 4) is 10.6 Å². The quantitative estimate of drug-likeness (QED) is 0.628. The molecule has 0 radical (unpaired) electrons. The lowest BCUT2D eigenvalue weighted by Gasteiger charge is -2.09. The van der Waals surface area contributed by atoms with Gasteiger partial charge in [0.25, 0.3) is 5.91 Å². The Morgan fingerprint density at radius 2 is 1.93 bits per heavy atom. The van der Waals surface area contributed by atoms with E-state index in [1.807, 2.05) is 29.6 Å². The average Bonchev–Trinajstić information content (AvgIpc) is 3.20. The molecular formula is C20H17ClN2O3S. The Labute approximate surface area is 166 Å². The second-order valence-corrected chi connectivity index (χ2v) is 7.17. The van der Waals surface area contributed by atoms with E-state index in [1.54, 1.807) is 42.5 Å². The largest absolute Gasteiger partial charge is 0.452 e. The van der Waals surface area contributed by atoms with E-state index in [4.69, 9.17) is 16.3 Å². The second kappa shape index (κ2) is 8.79. The maximum Gasteiger partial charge on any atom is 0.340 e. The van der Waals surface area contributed by atoms with E-state index in [9.17, 15) is 9.59 Å². The molecule has 1 aromatic carbocycles. The number of carbonyl (C=O) groups is 2. The zero-order chi connectivity index (χ0) is 19.2. The maximum atomic E-state index is 12.2. The zero-order valence-corrected chi connectivity index (χ0v) is 16.1. The van der Waals surface area contributed by atoms with E-state index in [0.29, 0.717) is 22.8 Å². The Morgan fingerprint density at radius 1 is 1.15 bits per heavy atom. The summed E-state index contributed by atoms with van der Waals surface area (Å²) in [5, 5.41) is 5.30. The molecule has 0 fully saturated rings. The van der Waals surface area contributed by atoms with Gasteiger partial charge in [-0.1, -0.05) is 29.8 Å². The minimum absolute atomic E-state index is 0.337. The highest BCUT2D eigenvalue weighted by Gasteiger charge is 2.14. The number of rotatable bonds is 6. The van der Waals surface area contributed by atoms with Crippen LogP contribution in [0.15, 0.2) is 53.9 Å². The van der Waals surface area contributed by atoms with Crippen LogP contribution in [-0.4, -0.2) is 23.5 Å². The van der Waals surface area contributed by atoms with Gasteiger partial charge >= 0.3 is 5.97 Å². The Hall–Kier alpha value is -2.70. The molecule has 0 atom stereocenters. The van der Waals surface area contributed by atoms with Crippen LogP contribution in [0.3, 0.4) is 0 Å². The summed E-state index contributed by atoms with van der Waals surface area (Å²) in [6.07, 6.45) is 0. The molecule has 7 heteroatoms. The fraction of sp³-hybridized carbons (Fsp3) is 0.150. The molecule has 138 valence electrons. The van der Waals surface area contributed by atoms with Gasteiger partial charge in [0, 0.05) is 11.6 Å². The molecule has 0 aliphatic heterocycles. The number of amides is 1. The zero-order valence-electron chi connectivity index (χ0n) is 14.6. The number of carbonyl (C=O) groups excluding carboxylic acids is 2. The van der Waals surface area contributed by atoms with Crippen molar-refractivity contribution in [3.63, 3.8) is 0 Å². The molecule has 3 aromatic rings. The van der Waals surface area contributed by atoms with E-state index in [0.717, 1.165) is 16.1 Å². The van der Waals surface area contributed by atoms with Crippen molar-refractivity contribution in [2.75, 3.05) is 6.61 Å². The number of aryl methyl sites for hydroxylation is 1. The molecule has 0 saturated heterocycles. The number of ether oxygens (including phenoxy) is 1. The van der Waals surface area contributed by atoms with Crippen LogP contribution >= 0.6 is 22.9 Å². The van der Waals surface area contributed by atoms with E-state index >= 15 is 0 Å². The first-order valence-corrected chi connectivity index (χ1v) is 9.48. The highest BCUT2D eigenvalue weighted by Crippen LogP contribution is 2.23. The van der Waals surface area contributed by atoms with Crippen LogP contribution in [0.25, 0.3) is 10.6 Å². The molecule has 3 rings (SSSR count). The molecule has 0 aliphatic rings. The number of esters is 1. The smallest absolute Gasteiger partial charge is 0.340 e. The first-order chi connectivity index (χ1) is 13.0. The lowest BCUT2D eigenvalue weighted by atomic mass is 10.2. The fourth-order valence-corrected chi connectivity index (χ4v) is 3.22. The molecule has 5 nitrogen and oxygen atoms in total. The summed E-state index contributed by atoms with van der Waals surface area (Å²) >= 11 is 7.40. The van der Waals surface area contributed by atoms with Gasteiger partial charge in [0.2, 0.25) is 0 Å². The number of thiophene rings is 1. The van der Waals surface area contributed by atoms with Crippen molar-refractivity contribution in [2.24, 2.45) is 0 Å². The molecule has 1 N–H and O–H groups in total. The van der Waals surface area contributed by atoms with Crippen LogP contribution in [-0.2, 0) is 16.1 Å². The Kier molecular flexibility index (Phi) is 6.21. The minimum Gasteiger partial charge on any atom is -0.452 e. The summed E-state index contributed by atoms with van der Waals surface area (Å²) < 4.78 is 5.10. The Morgan fingerprint density at radius 3 is 2.59 bits per heavy atom. The second-order valence-electron chi connectivity index (χ2n) is 5.79. The van der Waals surface area contributed by atoms with Gasteiger partial charge < -0.3 is 10.1 Å². The first-order valence-electron chi connectivity index (χ1n) is 8.23. The van der Waals surface area contributed by atoms with Crippen LogP contribution < -0.4 is 5.32 Å². The summed E-state index contributed by atoms with van der Waals surface area (Å²) in [5.74, 6) is -0.946. The van der Waals surface area contributed by atoms with Gasteiger partial charge in [0.1, 0.15) is 0 Å². The molecule has 2 aromatic heterocycles. The van der Waals surface area contributed by atoms with Gasteiger partial charge in [-0.3, -0.25) is 9.78 Å². The number of pyridine rings is 1. The topological polar surface area (TPSA) is 68.3 Å². The van der Waals surface area contributed by atoms with E-state index < -0.39 is 5.97 Å². The predicted molar refractivity (Wildman–Crippen MR) is 106 cm³/mol. The van der Waals surface area contributed by atoms with Crippen LogP contribution in [0, 0.1) is 6.92 Å². The SMILES string of the molecule is Cc1nc(-c2cccs2)ccc1C(=O)OCC(=O)NCc1ccc(Cl)cc1. The van der Waals surface area contributed by atoms with Crippen molar-refractivity contribution >= 4 is 34.8 Å². The molecule has 27 heavy (non-hydrogen) atoms. The summed E-state index contributed by atoms with van der Waals surface area (Å²) in [4.78, 5) is 29.6. The summed E-state index contributed by atoms with van der Waals surface area (Å²) in [7, 11) is 0. The van der Waals surface area contributed by atoms with Gasteiger partial charge in [-0.25, -0.2) is 4.79 Å². The van der Waals surface area contributed by atoms with Crippen molar-refractivity contribution in [1.29, 1.82) is 0 Å². The molecule has 0 saturated carbocycles. The number of hydrogen-bond acceptors (Lipinski definition) is 5. The number of nitrogens with zero attached hydrogens (tertiary/aromatic N) is 1. The van der Waals surface area contributed by atoms with E-state index in [-0.39, 0.29) is 12.5 Å². The third kappa shape index (κ3) is 5.15. The van der Waals surface area contributed by atoms with Crippen molar-refractivity contribution in [1.82, 2.24) is 10.3 Å². The van der Waals surface area contributed by atoms with Gasteiger partial charge in [-0.15, -0.1) is 11.3 Å². The standard InChI is InChI=1S/C20H17ClN2O3S/c1-13-16(8-9-17(23-13)18-3-2-10-27-18)20(25)26-12-19(24)22-11-14-4-6-15(21)7-5-14/h2-10H,11-12H2,1H3,(H,22,24). The number of nitrogens with one attached hydrogen (secondary N) is 1. The minimum atomic E-state index is -0.570. The number of halogens is 1. The van der Waals surface area contributed by atoms with Crippen LogP contribution in [0.4, 0.5) is 0 Å². The van der Waals surface area contributed by atoms with Crippen molar-refractivity contribution in [3.05, 3.63) is 75.8 Å². The van der Waals surface area contributed by atoms with Gasteiger partial charge in [0.05, 0.1) is 21.8 Å².